The minimum absolute atomic E-state index is 0.0119. The van der Waals surface area contributed by atoms with Gasteiger partial charge in [0.2, 0.25) is 5.88 Å². The number of hydrogen-bond donors (Lipinski definition) is 3. The number of piperazine rings is 1. The molecule has 3 aromatic rings. The van der Waals surface area contributed by atoms with E-state index >= 15 is 0 Å². The van der Waals surface area contributed by atoms with Crippen molar-refractivity contribution in [3.63, 3.8) is 0 Å². The summed E-state index contributed by atoms with van der Waals surface area (Å²) in [5.74, 6) is -1.75. The van der Waals surface area contributed by atoms with E-state index in [9.17, 15) is 27.4 Å². The van der Waals surface area contributed by atoms with Crippen molar-refractivity contribution in [1.82, 2.24) is 19.2 Å². The Labute approximate surface area is 223 Å². The lowest BCUT2D eigenvalue weighted by Crippen LogP contribution is -2.49. The van der Waals surface area contributed by atoms with Crippen LogP contribution in [0.3, 0.4) is 0 Å². The molecule has 2 heterocycles. The van der Waals surface area contributed by atoms with E-state index in [0.717, 1.165) is 23.4 Å². The van der Waals surface area contributed by atoms with Crippen LogP contribution in [0.5, 0.6) is 11.6 Å². The maximum absolute atomic E-state index is 14.0. The maximum atomic E-state index is 14.0. The molecule has 0 amide bonds. The standard InChI is InChI=1S/C24H27F2N5O5S2/c1-36-22-12-21(27-24(28-22)37-15-17-3-2-4-19(25)23(17)26)29-38(34,35)31-9-7-30(8-10-31)13-16-5-6-20(33)18(11-16)14-32/h2-6,11-12,32-33H,7-10,13-15H2,1H3,(H,27,28,29). The van der Waals surface area contributed by atoms with E-state index in [1.165, 1.54) is 35.7 Å². The van der Waals surface area contributed by atoms with Gasteiger partial charge >= 0.3 is 10.2 Å². The number of rotatable bonds is 10. The molecule has 4 rings (SSSR count). The summed E-state index contributed by atoms with van der Waals surface area (Å²) in [5.41, 5.74) is 1.46. The number of aliphatic hydroxyl groups excluding tert-OH is 1. The van der Waals surface area contributed by atoms with Gasteiger partial charge in [-0.2, -0.15) is 17.7 Å². The fraction of sp³-hybridized carbons (Fsp3) is 0.333. The van der Waals surface area contributed by atoms with Gasteiger partial charge in [0.25, 0.3) is 0 Å². The highest BCUT2D eigenvalue weighted by Crippen LogP contribution is 2.26. The van der Waals surface area contributed by atoms with Crippen LogP contribution in [0.15, 0.2) is 47.6 Å². The van der Waals surface area contributed by atoms with Gasteiger partial charge in [-0.3, -0.25) is 9.62 Å². The fourth-order valence-corrected chi connectivity index (χ4v) is 5.84. The molecule has 0 unspecified atom stereocenters. The van der Waals surface area contributed by atoms with E-state index in [1.54, 1.807) is 12.1 Å². The topological polar surface area (TPSA) is 128 Å². The second-order valence-electron chi connectivity index (χ2n) is 8.48. The molecule has 0 saturated carbocycles. The molecule has 1 aliphatic heterocycles. The van der Waals surface area contributed by atoms with Crippen LogP contribution in [0.2, 0.25) is 0 Å². The summed E-state index contributed by atoms with van der Waals surface area (Å²) >= 11 is 1.01. The Morgan fingerprint density at radius 3 is 2.55 bits per heavy atom. The molecule has 14 heteroatoms. The number of nitrogens with one attached hydrogen (secondary N) is 1. The second kappa shape index (κ2) is 12.2. The molecule has 1 saturated heterocycles. The summed E-state index contributed by atoms with van der Waals surface area (Å²) in [4.78, 5) is 10.4. The largest absolute Gasteiger partial charge is 0.508 e. The molecule has 38 heavy (non-hydrogen) atoms. The number of hydrogen-bond acceptors (Lipinski definition) is 9. The number of thioether (sulfide) groups is 1. The number of benzene rings is 2. The Balaban J connectivity index is 1.38. The number of aromatic nitrogens is 2. The van der Waals surface area contributed by atoms with Gasteiger partial charge in [-0.05, 0) is 23.8 Å². The number of aliphatic hydroxyl groups is 1. The van der Waals surface area contributed by atoms with E-state index < -0.39 is 21.8 Å². The van der Waals surface area contributed by atoms with Gasteiger partial charge in [0.05, 0.1) is 13.7 Å². The summed E-state index contributed by atoms with van der Waals surface area (Å²) in [6.45, 7) is 1.70. The first kappa shape index (κ1) is 28.0. The number of phenols is 1. The lowest BCUT2D eigenvalue weighted by Gasteiger charge is -2.34. The van der Waals surface area contributed by atoms with Crippen LogP contribution >= 0.6 is 11.8 Å². The van der Waals surface area contributed by atoms with Crippen LogP contribution in [0.4, 0.5) is 14.6 Å². The maximum Gasteiger partial charge on any atom is 0.302 e. The first-order valence-electron chi connectivity index (χ1n) is 11.6. The Morgan fingerprint density at radius 1 is 1.08 bits per heavy atom. The molecule has 0 aliphatic carbocycles. The highest BCUT2D eigenvalue weighted by Gasteiger charge is 2.28. The van der Waals surface area contributed by atoms with Crippen LogP contribution in [-0.4, -0.2) is 71.1 Å². The first-order chi connectivity index (χ1) is 18.2. The third-order valence-electron chi connectivity index (χ3n) is 5.90. The Bertz CT molecular complexity index is 1390. The smallest absolute Gasteiger partial charge is 0.302 e. The van der Waals surface area contributed by atoms with Crippen LogP contribution in [0.1, 0.15) is 16.7 Å². The SMILES string of the molecule is COc1cc(NS(=O)(=O)N2CCN(Cc3ccc(O)c(CO)c3)CC2)nc(SCc2cccc(F)c2F)n1. The lowest BCUT2D eigenvalue weighted by atomic mass is 10.1. The number of methoxy groups -OCH3 is 1. The molecule has 10 nitrogen and oxygen atoms in total. The van der Waals surface area contributed by atoms with Gasteiger partial charge in [0, 0.05) is 55.7 Å². The Morgan fingerprint density at radius 2 is 1.84 bits per heavy atom. The molecule has 0 radical (unpaired) electrons. The number of ether oxygens (including phenoxy) is 1. The zero-order chi connectivity index (χ0) is 27.3. The van der Waals surface area contributed by atoms with Crippen LogP contribution in [0, 0.1) is 11.6 Å². The number of nitrogens with zero attached hydrogens (tertiary/aromatic N) is 4. The number of anilines is 1. The molecular formula is C24H27F2N5O5S2. The minimum Gasteiger partial charge on any atom is -0.508 e. The van der Waals surface area contributed by atoms with Gasteiger partial charge in [0.1, 0.15) is 11.6 Å². The van der Waals surface area contributed by atoms with Crippen molar-refractivity contribution in [3.05, 3.63) is 70.8 Å². The van der Waals surface area contributed by atoms with Crippen molar-refractivity contribution in [1.29, 1.82) is 0 Å². The monoisotopic (exact) mass is 567 g/mol. The van der Waals surface area contributed by atoms with Gasteiger partial charge in [-0.1, -0.05) is 30.0 Å². The average molecular weight is 568 g/mol. The molecule has 3 N–H and O–H groups in total. The van der Waals surface area contributed by atoms with Gasteiger partial charge < -0.3 is 14.9 Å². The van der Waals surface area contributed by atoms with E-state index in [4.69, 9.17) is 4.74 Å². The summed E-state index contributed by atoms with van der Waals surface area (Å²) in [6.07, 6.45) is 0. The van der Waals surface area contributed by atoms with Gasteiger partial charge in [-0.15, -0.1) is 0 Å². The normalized spacial score (nSPS) is 14.9. The summed E-state index contributed by atoms with van der Waals surface area (Å²) in [6, 6.07) is 10.2. The Kier molecular flexibility index (Phi) is 8.99. The van der Waals surface area contributed by atoms with Crippen molar-refractivity contribution in [2.24, 2.45) is 0 Å². The number of aromatic hydroxyl groups is 1. The van der Waals surface area contributed by atoms with Crippen LogP contribution in [0.25, 0.3) is 0 Å². The molecule has 1 aromatic heterocycles. The minimum atomic E-state index is -3.94. The van der Waals surface area contributed by atoms with Crippen molar-refractivity contribution in [2.75, 3.05) is 38.0 Å². The molecular weight excluding hydrogens is 540 g/mol. The van der Waals surface area contributed by atoms with Gasteiger partial charge in [-0.25, -0.2) is 13.8 Å². The van der Waals surface area contributed by atoms with Crippen LogP contribution < -0.4 is 9.46 Å². The second-order valence-corrected chi connectivity index (χ2v) is 11.1. The van der Waals surface area contributed by atoms with Crippen molar-refractivity contribution < 1.29 is 32.1 Å². The molecule has 0 spiro atoms. The molecule has 0 bridgehead atoms. The highest BCUT2D eigenvalue weighted by atomic mass is 32.2. The zero-order valence-electron chi connectivity index (χ0n) is 20.5. The zero-order valence-corrected chi connectivity index (χ0v) is 22.1. The van der Waals surface area contributed by atoms with Crippen molar-refractivity contribution in [2.45, 2.75) is 24.1 Å². The Hall–Kier alpha value is -3.04. The summed E-state index contributed by atoms with van der Waals surface area (Å²) < 4.78 is 62.5. The summed E-state index contributed by atoms with van der Waals surface area (Å²) in [5, 5.41) is 19.2. The van der Waals surface area contributed by atoms with Gasteiger partial charge in [0.15, 0.2) is 16.8 Å². The van der Waals surface area contributed by atoms with E-state index in [-0.39, 0.29) is 53.6 Å². The lowest BCUT2D eigenvalue weighted by molar-refractivity contribution is 0.182. The molecule has 1 fully saturated rings. The number of halogens is 2. The van der Waals surface area contributed by atoms with E-state index in [1.807, 2.05) is 0 Å². The fourth-order valence-electron chi connectivity index (χ4n) is 3.87. The quantitative estimate of drug-likeness (QED) is 0.250. The average Bonchev–Trinajstić information content (AvgIpc) is 2.90. The summed E-state index contributed by atoms with van der Waals surface area (Å²) in [7, 11) is -2.57. The molecule has 2 aromatic carbocycles. The molecule has 1 aliphatic rings. The van der Waals surface area contributed by atoms with Crippen molar-refractivity contribution in [3.8, 4) is 11.6 Å². The third kappa shape index (κ3) is 6.88. The predicted octanol–water partition coefficient (Wildman–Crippen LogP) is 2.73. The first-order valence-corrected chi connectivity index (χ1v) is 14.0. The van der Waals surface area contributed by atoms with Crippen molar-refractivity contribution >= 4 is 27.8 Å². The predicted molar refractivity (Wildman–Crippen MR) is 138 cm³/mol. The highest BCUT2D eigenvalue weighted by molar-refractivity contribution is 7.98. The van der Waals surface area contributed by atoms with E-state index in [0.29, 0.717) is 25.2 Å². The molecule has 204 valence electrons. The molecule has 0 atom stereocenters. The van der Waals surface area contributed by atoms with E-state index in [2.05, 4.69) is 19.6 Å². The van der Waals surface area contributed by atoms with Crippen LogP contribution in [-0.2, 0) is 29.1 Å². The third-order valence-corrected chi connectivity index (χ3v) is 8.31.